The monoisotopic (exact) mass is 410 g/mol. The zero-order valence-electron chi connectivity index (χ0n) is 16.3. The number of esters is 1. The third kappa shape index (κ3) is 3.29. The van der Waals surface area contributed by atoms with Crippen molar-refractivity contribution in [2.24, 2.45) is 0 Å². The highest BCUT2D eigenvalue weighted by molar-refractivity contribution is 8.00. The Labute approximate surface area is 173 Å². The van der Waals surface area contributed by atoms with Crippen molar-refractivity contribution < 1.29 is 19.1 Å². The minimum Gasteiger partial charge on any atom is -0.465 e. The van der Waals surface area contributed by atoms with E-state index in [0.29, 0.717) is 29.8 Å². The van der Waals surface area contributed by atoms with Crippen molar-refractivity contribution in [3.8, 4) is 0 Å². The number of anilines is 1. The summed E-state index contributed by atoms with van der Waals surface area (Å²) in [7, 11) is 1.32. The van der Waals surface area contributed by atoms with E-state index in [4.69, 9.17) is 4.74 Å². The molecule has 6 nitrogen and oxygen atoms in total. The van der Waals surface area contributed by atoms with Gasteiger partial charge >= 0.3 is 5.97 Å². The standard InChI is InChI=1S/C22H22N2O4S/c1-14-8-9-15(21(27)28-2)12-17(14)23-20(26)18-13-29-22(11-10-19(25)24(18)22)16-6-4-3-5-7-16/h3-9,12,18H,10-11,13H2,1-2H3,(H,23,26)/t18-,22+/m0/s1. The van der Waals surface area contributed by atoms with Gasteiger partial charge in [-0.15, -0.1) is 11.8 Å². The molecule has 2 amide bonds. The molecule has 7 heteroatoms. The van der Waals surface area contributed by atoms with Gasteiger partial charge in [0.05, 0.1) is 12.7 Å². The number of benzene rings is 2. The lowest BCUT2D eigenvalue weighted by molar-refractivity contribution is -0.136. The van der Waals surface area contributed by atoms with Gasteiger partial charge in [0.2, 0.25) is 11.8 Å². The summed E-state index contributed by atoms with van der Waals surface area (Å²) in [5.41, 5.74) is 2.80. The highest BCUT2D eigenvalue weighted by Gasteiger charge is 2.56. The number of fused-ring (bicyclic) bond motifs is 1. The number of carbonyl (C=O) groups is 3. The second-order valence-corrected chi connectivity index (χ2v) is 8.55. The Morgan fingerprint density at radius 3 is 2.69 bits per heavy atom. The van der Waals surface area contributed by atoms with Gasteiger partial charge < -0.3 is 15.0 Å². The third-order valence-corrected chi connectivity index (χ3v) is 7.17. The number of aryl methyl sites for hydroxylation is 1. The molecule has 2 aliphatic rings. The molecular formula is C22H22N2O4S. The lowest BCUT2D eigenvalue weighted by Gasteiger charge is -2.34. The van der Waals surface area contributed by atoms with Crippen LogP contribution in [0.2, 0.25) is 0 Å². The topological polar surface area (TPSA) is 75.7 Å². The van der Waals surface area contributed by atoms with Gasteiger partial charge in [0, 0.05) is 17.9 Å². The van der Waals surface area contributed by atoms with Crippen molar-refractivity contribution in [3.05, 3.63) is 65.2 Å². The van der Waals surface area contributed by atoms with Crippen LogP contribution in [0.5, 0.6) is 0 Å². The molecule has 0 aliphatic carbocycles. The van der Waals surface area contributed by atoms with Crippen molar-refractivity contribution in [1.29, 1.82) is 0 Å². The fourth-order valence-electron chi connectivity index (χ4n) is 4.05. The summed E-state index contributed by atoms with van der Waals surface area (Å²) in [6, 6.07) is 14.4. The molecule has 2 saturated heterocycles. The molecule has 0 saturated carbocycles. The van der Waals surface area contributed by atoms with Gasteiger partial charge in [-0.1, -0.05) is 36.4 Å². The Morgan fingerprint density at radius 1 is 1.21 bits per heavy atom. The van der Waals surface area contributed by atoms with Gasteiger partial charge in [-0.05, 0) is 36.6 Å². The van der Waals surface area contributed by atoms with Gasteiger partial charge in [-0.2, -0.15) is 0 Å². The van der Waals surface area contributed by atoms with E-state index in [2.05, 4.69) is 5.32 Å². The molecule has 1 N–H and O–H groups in total. The van der Waals surface area contributed by atoms with Crippen molar-refractivity contribution in [2.45, 2.75) is 30.7 Å². The van der Waals surface area contributed by atoms with E-state index in [0.717, 1.165) is 11.1 Å². The van der Waals surface area contributed by atoms with E-state index < -0.39 is 16.9 Å². The minimum atomic E-state index is -0.559. The number of methoxy groups -OCH3 is 1. The summed E-state index contributed by atoms with van der Waals surface area (Å²) in [4.78, 5) is 39.0. The Kier molecular flexibility index (Phi) is 5.08. The minimum absolute atomic E-state index is 0.000892. The number of carbonyl (C=O) groups excluding carboxylic acids is 3. The molecule has 0 unspecified atom stereocenters. The molecule has 150 valence electrons. The number of nitrogens with one attached hydrogen (secondary N) is 1. The van der Waals surface area contributed by atoms with E-state index in [1.54, 1.807) is 34.9 Å². The van der Waals surface area contributed by atoms with Gasteiger partial charge in [0.1, 0.15) is 10.9 Å². The molecule has 4 rings (SSSR count). The molecule has 2 fully saturated rings. The van der Waals surface area contributed by atoms with Crippen LogP contribution in [0.4, 0.5) is 5.69 Å². The highest BCUT2D eigenvalue weighted by Crippen LogP contribution is 2.54. The van der Waals surface area contributed by atoms with E-state index >= 15 is 0 Å². The Hall–Kier alpha value is -2.80. The lowest BCUT2D eigenvalue weighted by atomic mass is 10.0. The molecule has 0 radical (unpaired) electrons. The normalized spacial score (nSPS) is 23.0. The molecule has 2 aliphatic heterocycles. The summed E-state index contributed by atoms with van der Waals surface area (Å²) in [5, 5.41) is 2.92. The zero-order chi connectivity index (χ0) is 20.6. The Morgan fingerprint density at radius 2 is 1.97 bits per heavy atom. The molecule has 29 heavy (non-hydrogen) atoms. The molecule has 2 atom stereocenters. The summed E-state index contributed by atoms with van der Waals surface area (Å²) in [6.45, 7) is 1.86. The van der Waals surface area contributed by atoms with Crippen LogP contribution in [0, 0.1) is 6.92 Å². The molecule has 0 aromatic heterocycles. The van der Waals surface area contributed by atoms with Gasteiger partial charge in [0.15, 0.2) is 0 Å². The number of ether oxygens (including phenoxy) is 1. The summed E-state index contributed by atoms with van der Waals surface area (Å²) < 4.78 is 4.76. The first kappa shape index (κ1) is 19.5. The SMILES string of the molecule is COC(=O)c1ccc(C)c(NC(=O)[C@@H]2CS[C@@]3(c4ccccc4)CCC(=O)N23)c1. The van der Waals surface area contributed by atoms with Crippen LogP contribution in [0.3, 0.4) is 0 Å². The lowest BCUT2D eigenvalue weighted by Crippen LogP contribution is -2.48. The second kappa shape index (κ2) is 7.55. The van der Waals surface area contributed by atoms with Crippen molar-refractivity contribution in [1.82, 2.24) is 4.90 Å². The van der Waals surface area contributed by atoms with Crippen LogP contribution in [0.25, 0.3) is 0 Å². The molecule has 2 heterocycles. The van der Waals surface area contributed by atoms with Crippen molar-refractivity contribution >= 4 is 35.2 Å². The number of hydrogen-bond acceptors (Lipinski definition) is 5. The fraction of sp³-hybridized carbons (Fsp3) is 0.318. The number of thioether (sulfide) groups is 1. The van der Waals surface area contributed by atoms with E-state index in [1.165, 1.54) is 7.11 Å². The van der Waals surface area contributed by atoms with Crippen LogP contribution in [-0.2, 0) is 19.2 Å². The van der Waals surface area contributed by atoms with E-state index in [-0.39, 0.29) is 11.8 Å². The fourth-order valence-corrected chi connectivity index (χ4v) is 5.70. The number of nitrogens with zero attached hydrogens (tertiary/aromatic N) is 1. The summed E-state index contributed by atoms with van der Waals surface area (Å²) in [5.74, 6) is -0.174. The predicted molar refractivity (Wildman–Crippen MR) is 112 cm³/mol. The predicted octanol–water partition coefficient (Wildman–Crippen LogP) is 3.31. The van der Waals surface area contributed by atoms with Crippen LogP contribution in [0.1, 0.15) is 34.3 Å². The molecule has 2 aromatic rings. The first-order valence-electron chi connectivity index (χ1n) is 9.48. The maximum absolute atomic E-state index is 13.1. The zero-order valence-corrected chi connectivity index (χ0v) is 17.1. The van der Waals surface area contributed by atoms with Gasteiger partial charge in [-0.25, -0.2) is 4.79 Å². The average Bonchev–Trinajstić information content (AvgIpc) is 3.29. The van der Waals surface area contributed by atoms with E-state index in [9.17, 15) is 14.4 Å². The average molecular weight is 410 g/mol. The molecule has 2 aromatic carbocycles. The maximum atomic E-state index is 13.1. The molecular weight excluding hydrogens is 388 g/mol. The second-order valence-electron chi connectivity index (χ2n) is 7.25. The Balaban J connectivity index is 1.61. The van der Waals surface area contributed by atoms with E-state index in [1.807, 2.05) is 37.3 Å². The van der Waals surface area contributed by atoms with Crippen LogP contribution in [-0.4, -0.2) is 41.6 Å². The maximum Gasteiger partial charge on any atom is 0.337 e. The highest BCUT2D eigenvalue weighted by atomic mass is 32.2. The van der Waals surface area contributed by atoms with Crippen LogP contribution in [0.15, 0.2) is 48.5 Å². The number of amides is 2. The number of hydrogen-bond donors (Lipinski definition) is 1. The quantitative estimate of drug-likeness (QED) is 0.783. The summed E-state index contributed by atoms with van der Waals surface area (Å²) >= 11 is 1.65. The smallest absolute Gasteiger partial charge is 0.337 e. The molecule has 0 bridgehead atoms. The summed E-state index contributed by atoms with van der Waals surface area (Å²) in [6.07, 6.45) is 1.13. The van der Waals surface area contributed by atoms with Crippen LogP contribution >= 0.6 is 11.8 Å². The van der Waals surface area contributed by atoms with Crippen molar-refractivity contribution in [3.63, 3.8) is 0 Å². The van der Waals surface area contributed by atoms with Crippen molar-refractivity contribution in [2.75, 3.05) is 18.2 Å². The largest absolute Gasteiger partial charge is 0.465 e. The van der Waals surface area contributed by atoms with Gasteiger partial charge in [0.25, 0.3) is 0 Å². The van der Waals surface area contributed by atoms with Crippen LogP contribution < -0.4 is 5.32 Å². The first-order valence-corrected chi connectivity index (χ1v) is 10.5. The number of rotatable bonds is 4. The third-order valence-electron chi connectivity index (χ3n) is 5.57. The first-order chi connectivity index (χ1) is 14.0. The molecule has 0 spiro atoms. The van der Waals surface area contributed by atoms with Gasteiger partial charge in [-0.3, -0.25) is 9.59 Å². The Bertz CT molecular complexity index is 978.